The Morgan fingerprint density at radius 1 is 1.27 bits per heavy atom. The summed E-state index contributed by atoms with van der Waals surface area (Å²) in [5.41, 5.74) is 0. The Bertz CT molecular complexity index is 432. The minimum absolute atomic E-state index is 0.0166. The third kappa shape index (κ3) is 2.03. The van der Waals surface area contributed by atoms with E-state index in [1.165, 1.54) is 16.4 Å². The molecule has 0 N–H and O–H groups in total. The second kappa shape index (κ2) is 3.90. The van der Waals surface area contributed by atoms with Gasteiger partial charge in [0.25, 0.3) is 0 Å². The quantitative estimate of drug-likeness (QED) is 0.769. The second-order valence-corrected chi connectivity index (χ2v) is 5.50. The molecular formula is C10H12FNO2S. The molecule has 0 spiro atoms. The molecule has 1 atom stereocenters. The highest BCUT2D eigenvalue weighted by atomic mass is 32.2. The molecule has 15 heavy (non-hydrogen) atoms. The molecular weight excluding hydrogens is 217 g/mol. The van der Waals surface area contributed by atoms with Gasteiger partial charge in [0.05, 0.1) is 4.90 Å². The van der Waals surface area contributed by atoms with E-state index in [4.69, 9.17) is 0 Å². The van der Waals surface area contributed by atoms with Gasteiger partial charge in [0.1, 0.15) is 6.17 Å². The Balaban J connectivity index is 2.28. The smallest absolute Gasteiger partial charge is 0.243 e. The number of halogens is 1. The molecule has 0 aliphatic carbocycles. The van der Waals surface area contributed by atoms with Gasteiger partial charge < -0.3 is 0 Å². The molecule has 1 aromatic rings. The molecule has 1 heterocycles. The first-order valence-corrected chi connectivity index (χ1v) is 6.24. The molecule has 1 unspecified atom stereocenters. The number of hydrogen-bond donors (Lipinski definition) is 0. The number of alkyl halides is 1. The highest BCUT2D eigenvalue weighted by molar-refractivity contribution is 7.89. The van der Waals surface area contributed by atoms with Crippen LogP contribution in [-0.4, -0.2) is 32.0 Å². The van der Waals surface area contributed by atoms with Gasteiger partial charge in [0.2, 0.25) is 10.0 Å². The molecule has 1 aliphatic rings. The minimum atomic E-state index is -3.48. The molecule has 0 radical (unpaired) electrons. The van der Waals surface area contributed by atoms with Crippen LogP contribution < -0.4 is 0 Å². The van der Waals surface area contributed by atoms with Crippen LogP contribution in [0.25, 0.3) is 0 Å². The Labute approximate surface area is 88.6 Å². The van der Waals surface area contributed by atoms with Crippen molar-refractivity contribution in [3.05, 3.63) is 30.3 Å². The lowest BCUT2D eigenvalue weighted by atomic mass is 10.4. The van der Waals surface area contributed by atoms with Crippen LogP contribution in [0.3, 0.4) is 0 Å². The van der Waals surface area contributed by atoms with E-state index < -0.39 is 16.2 Å². The lowest BCUT2D eigenvalue weighted by Gasteiger charge is -2.14. The van der Waals surface area contributed by atoms with E-state index in [0.29, 0.717) is 6.42 Å². The molecule has 1 saturated heterocycles. The van der Waals surface area contributed by atoms with Crippen molar-refractivity contribution in [2.75, 3.05) is 13.1 Å². The maximum Gasteiger partial charge on any atom is 0.243 e. The molecule has 1 aromatic carbocycles. The number of nitrogens with zero attached hydrogens (tertiary/aromatic N) is 1. The van der Waals surface area contributed by atoms with Crippen LogP contribution in [0.15, 0.2) is 35.2 Å². The van der Waals surface area contributed by atoms with E-state index in [1.54, 1.807) is 18.2 Å². The summed E-state index contributed by atoms with van der Waals surface area (Å²) in [6, 6.07) is 8.13. The zero-order chi connectivity index (χ0) is 10.9. The van der Waals surface area contributed by atoms with Crippen LogP contribution >= 0.6 is 0 Å². The molecule has 5 heteroatoms. The molecule has 0 saturated carbocycles. The summed E-state index contributed by atoms with van der Waals surface area (Å²) in [5.74, 6) is 0. The standard InChI is InChI=1S/C10H12FNO2S/c11-9-6-7-12(8-9)15(13,14)10-4-2-1-3-5-10/h1-5,9H,6-8H2. The van der Waals surface area contributed by atoms with Gasteiger partial charge in [-0.1, -0.05) is 18.2 Å². The van der Waals surface area contributed by atoms with Gasteiger partial charge >= 0.3 is 0 Å². The molecule has 2 rings (SSSR count). The van der Waals surface area contributed by atoms with Crippen LogP contribution in [-0.2, 0) is 10.0 Å². The van der Waals surface area contributed by atoms with E-state index in [0.717, 1.165) is 0 Å². The van der Waals surface area contributed by atoms with Gasteiger partial charge in [-0.25, -0.2) is 12.8 Å². The average molecular weight is 229 g/mol. The molecule has 3 nitrogen and oxygen atoms in total. The van der Waals surface area contributed by atoms with Crippen LogP contribution in [0, 0.1) is 0 Å². The molecule has 1 aliphatic heterocycles. The average Bonchev–Trinajstić information content (AvgIpc) is 2.67. The summed E-state index contributed by atoms with van der Waals surface area (Å²) in [6.45, 7) is 0.260. The highest BCUT2D eigenvalue weighted by Gasteiger charge is 2.32. The van der Waals surface area contributed by atoms with E-state index in [9.17, 15) is 12.8 Å². The largest absolute Gasteiger partial charge is 0.246 e. The Kier molecular flexibility index (Phi) is 2.75. The van der Waals surface area contributed by atoms with E-state index in [2.05, 4.69) is 0 Å². The van der Waals surface area contributed by atoms with Crippen molar-refractivity contribution in [1.29, 1.82) is 0 Å². The lowest BCUT2D eigenvalue weighted by molar-refractivity contribution is 0.343. The Morgan fingerprint density at radius 2 is 1.93 bits per heavy atom. The van der Waals surface area contributed by atoms with Gasteiger partial charge in [-0.2, -0.15) is 4.31 Å². The summed E-state index contributed by atoms with van der Waals surface area (Å²) in [7, 11) is -3.48. The number of benzene rings is 1. The van der Waals surface area contributed by atoms with Crippen molar-refractivity contribution in [1.82, 2.24) is 4.31 Å². The normalized spacial score (nSPS) is 23.1. The summed E-state index contributed by atoms with van der Waals surface area (Å²) < 4.78 is 38.0. The summed E-state index contributed by atoms with van der Waals surface area (Å²) in [5, 5.41) is 0. The van der Waals surface area contributed by atoms with Crippen LogP contribution in [0.5, 0.6) is 0 Å². The van der Waals surface area contributed by atoms with E-state index >= 15 is 0 Å². The van der Waals surface area contributed by atoms with E-state index in [-0.39, 0.29) is 18.0 Å². The van der Waals surface area contributed by atoms with Crippen LogP contribution in [0.4, 0.5) is 4.39 Å². The lowest BCUT2D eigenvalue weighted by Crippen LogP contribution is -2.29. The zero-order valence-corrected chi connectivity index (χ0v) is 8.95. The highest BCUT2D eigenvalue weighted by Crippen LogP contribution is 2.21. The van der Waals surface area contributed by atoms with Gasteiger partial charge in [-0.15, -0.1) is 0 Å². The van der Waals surface area contributed by atoms with Crippen molar-refractivity contribution < 1.29 is 12.8 Å². The van der Waals surface area contributed by atoms with Crippen molar-refractivity contribution in [3.63, 3.8) is 0 Å². The SMILES string of the molecule is O=S(=O)(c1ccccc1)N1CCC(F)C1. The zero-order valence-electron chi connectivity index (χ0n) is 8.14. The van der Waals surface area contributed by atoms with Crippen LogP contribution in [0.1, 0.15) is 6.42 Å². The van der Waals surface area contributed by atoms with Crippen molar-refractivity contribution in [3.8, 4) is 0 Å². The van der Waals surface area contributed by atoms with E-state index in [1.807, 2.05) is 0 Å². The summed E-state index contributed by atoms with van der Waals surface area (Å²) in [6.07, 6.45) is -0.727. The first-order chi connectivity index (χ1) is 7.10. The summed E-state index contributed by atoms with van der Waals surface area (Å²) in [4.78, 5) is 0.235. The maximum absolute atomic E-state index is 12.9. The predicted octanol–water partition coefficient (Wildman–Crippen LogP) is 1.42. The van der Waals surface area contributed by atoms with Crippen molar-refractivity contribution in [2.45, 2.75) is 17.5 Å². The predicted molar refractivity (Wildman–Crippen MR) is 54.7 cm³/mol. The molecule has 0 bridgehead atoms. The van der Waals surface area contributed by atoms with Gasteiger partial charge in [-0.05, 0) is 18.6 Å². The Morgan fingerprint density at radius 3 is 2.47 bits per heavy atom. The number of hydrogen-bond acceptors (Lipinski definition) is 2. The second-order valence-electron chi connectivity index (χ2n) is 3.56. The molecule has 0 aromatic heterocycles. The van der Waals surface area contributed by atoms with Crippen LogP contribution in [0.2, 0.25) is 0 Å². The molecule has 0 amide bonds. The fraction of sp³-hybridized carbons (Fsp3) is 0.400. The third-order valence-electron chi connectivity index (χ3n) is 2.47. The Hall–Kier alpha value is -0.940. The monoisotopic (exact) mass is 229 g/mol. The molecule has 82 valence electrons. The first-order valence-electron chi connectivity index (χ1n) is 4.80. The topological polar surface area (TPSA) is 37.4 Å². The van der Waals surface area contributed by atoms with Crippen molar-refractivity contribution in [2.24, 2.45) is 0 Å². The molecule has 1 fully saturated rings. The first kappa shape index (κ1) is 10.6. The fourth-order valence-electron chi connectivity index (χ4n) is 1.65. The summed E-state index contributed by atoms with van der Waals surface area (Å²) >= 11 is 0. The van der Waals surface area contributed by atoms with Gasteiger partial charge in [-0.3, -0.25) is 0 Å². The fourth-order valence-corrected chi connectivity index (χ4v) is 3.15. The minimum Gasteiger partial charge on any atom is -0.246 e. The van der Waals surface area contributed by atoms with Gasteiger partial charge in [0, 0.05) is 13.1 Å². The van der Waals surface area contributed by atoms with Crippen molar-refractivity contribution >= 4 is 10.0 Å². The van der Waals surface area contributed by atoms with Gasteiger partial charge in [0.15, 0.2) is 0 Å². The maximum atomic E-state index is 12.9. The third-order valence-corrected chi connectivity index (χ3v) is 4.35. The number of rotatable bonds is 2. The number of sulfonamides is 1.